The maximum atomic E-state index is 12.4. The summed E-state index contributed by atoms with van der Waals surface area (Å²) in [5.74, 6) is -4.19. The Labute approximate surface area is 236 Å². The average molecular weight is 561 g/mol. The van der Waals surface area contributed by atoms with Crippen molar-refractivity contribution in [2.45, 2.75) is 60.3 Å². The highest BCUT2D eigenvalue weighted by Gasteiger charge is 2.31. The van der Waals surface area contributed by atoms with Crippen LogP contribution in [0.1, 0.15) is 89.4 Å². The van der Waals surface area contributed by atoms with Gasteiger partial charge in [0.25, 0.3) is 0 Å². The van der Waals surface area contributed by atoms with Gasteiger partial charge in [0.1, 0.15) is 11.5 Å². The zero-order valence-electron chi connectivity index (χ0n) is 23.8. The number of fused-ring (bicyclic) bond motifs is 2. The van der Waals surface area contributed by atoms with Gasteiger partial charge in [0.15, 0.2) is 35.6 Å². The molecule has 4 aromatic rings. The molecule has 4 aromatic carbocycles. The molecule has 0 bridgehead atoms. The Balaban J connectivity index is 2.35. The maximum Gasteiger partial charge on any atom is 0.308 e. The van der Waals surface area contributed by atoms with E-state index in [0.29, 0.717) is 45.6 Å². The van der Waals surface area contributed by atoms with Crippen LogP contribution < -0.4 is 4.74 Å². The van der Waals surface area contributed by atoms with Crippen LogP contribution in [-0.2, 0) is 4.79 Å². The van der Waals surface area contributed by atoms with Crippen LogP contribution in [0.5, 0.6) is 34.5 Å². The third-order valence-electron chi connectivity index (χ3n) is 7.45. The van der Waals surface area contributed by atoms with Crippen LogP contribution in [0.2, 0.25) is 0 Å². The summed E-state index contributed by atoms with van der Waals surface area (Å²) in [4.78, 5) is 36.8. The molecule has 9 heteroatoms. The number of hydrogen-bond acceptors (Lipinski definition) is 9. The Morgan fingerprint density at radius 1 is 0.683 bits per heavy atom. The SMILES string of the molecule is CC(=O)Oc1c(-c2c(C)cc3c(C(C)C)c(O)c(O)c(C=O)c3c2O)c(C)cc2c(C(C)C)c(O)c(O)c(C=O)c12. The van der Waals surface area contributed by atoms with Crippen molar-refractivity contribution >= 4 is 40.1 Å². The first-order chi connectivity index (χ1) is 19.2. The third-order valence-corrected chi connectivity index (χ3v) is 7.45. The molecule has 0 aromatic heterocycles. The summed E-state index contributed by atoms with van der Waals surface area (Å²) in [6.07, 6.45) is 0.682. The van der Waals surface area contributed by atoms with E-state index in [0.717, 1.165) is 6.92 Å². The van der Waals surface area contributed by atoms with Crippen molar-refractivity contribution in [3.63, 3.8) is 0 Å². The highest BCUT2D eigenvalue weighted by Crippen LogP contribution is 2.54. The van der Waals surface area contributed by atoms with E-state index in [4.69, 9.17) is 4.74 Å². The first-order valence-electron chi connectivity index (χ1n) is 13.1. The molecule has 0 saturated carbocycles. The second-order valence-electron chi connectivity index (χ2n) is 10.8. The summed E-state index contributed by atoms with van der Waals surface area (Å²) in [6, 6.07) is 3.32. The smallest absolute Gasteiger partial charge is 0.308 e. The van der Waals surface area contributed by atoms with Gasteiger partial charge in [-0.25, -0.2) is 0 Å². The average Bonchev–Trinajstić information content (AvgIpc) is 2.87. The number of ether oxygens (including phenoxy) is 1. The van der Waals surface area contributed by atoms with Crippen LogP contribution in [-0.4, -0.2) is 44.1 Å². The largest absolute Gasteiger partial charge is 0.507 e. The molecule has 0 fully saturated rings. The van der Waals surface area contributed by atoms with Crippen LogP contribution in [0.25, 0.3) is 32.7 Å². The monoisotopic (exact) mass is 560 g/mol. The number of rotatable bonds is 6. The molecule has 0 heterocycles. The van der Waals surface area contributed by atoms with Gasteiger partial charge in [0.2, 0.25) is 0 Å². The van der Waals surface area contributed by atoms with Crippen molar-refractivity contribution in [2.24, 2.45) is 0 Å². The number of aromatic hydroxyl groups is 5. The quantitative estimate of drug-likeness (QED) is 0.0757. The standard InChI is InChI=1S/C32H32O9/c1-12(2)21-17-8-14(5)23(29(38)25(17)19(10-33)27(36)30(21)39)24-15(6)9-18-22(13(3)4)31(40)28(37)20(11-34)26(18)32(24)41-16(7)35/h8-13,36-40H,1-7H3. The number of carbonyl (C=O) groups excluding carboxylic acids is 3. The van der Waals surface area contributed by atoms with Crippen molar-refractivity contribution in [3.05, 3.63) is 45.5 Å². The number of aldehydes is 2. The molecule has 0 unspecified atom stereocenters. The summed E-state index contributed by atoms with van der Waals surface area (Å²) in [5.41, 5.74) is 1.31. The highest BCUT2D eigenvalue weighted by atomic mass is 16.5. The van der Waals surface area contributed by atoms with Crippen LogP contribution >= 0.6 is 0 Å². The summed E-state index contributed by atoms with van der Waals surface area (Å²) in [5, 5.41) is 55.5. The minimum absolute atomic E-state index is 0.0140. The molecule has 0 saturated heterocycles. The molecule has 0 atom stereocenters. The first kappa shape index (κ1) is 29.2. The third kappa shape index (κ3) is 4.28. The number of esters is 1. The van der Waals surface area contributed by atoms with Crippen LogP contribution in [0.15, 0.2) is 12.1 Å². The number of benzene rings is 4. The van der Waals surface area contributed by atoms with Gasteiger partial charge < -0.3 is 30.3 Å². The summed E-state index contributed by atoms with van der Waals surface area (Å²) >= 11 is 0. The first-order valence-corrected chi connectivity index (χ1v) is 13.1. The predicted octanol–water partition coefficient (Wildman–Crippen LogP) is 6.60. The molecule has 0 aliphatic heterocycles. The summed E-state index contributed by atoms with van der Waals surface area (Å²) < 4.78 is 5.69. The van der Waals surface area contributed by atoms with Crippen LogP contribution in [0.3, 0.4) is 0 Å². The van der Waals surface area contributed by atoms with Gasteiger partial charge in [-0.05, 0) is 47.6 Å². The Morgan fingerprint density at radius 3 is 1.51 bits per heavy atom. The van der Waals surface area contributed by atoms with Crippen molar-refractivity contribution in [3.8, 4) is 45.6 Å². The van der Waals surface area contributed by atoms with Gasteiger partial charge in [-0.3, -0.25) is 14.4 Å². The lowest BCUT2D eigenvalue weighted by Gasteiger charge is -2.24. The minimum atomic E-state index is -0.746. The van der Waals surface area contributed by atoms with E-state index in [1.54, 1.807) is 53.7 Å². The zero-order chi connectivity index (χ0) is 30.7. The minimum Gasteiger partial charge on any atom is -0.507 e. The Hall–Kier alpha value is -4.79. The number of carbonyl (C=O) groups is 3. The molecule has 0 aliphatic rings. The lowest BCUT2D eigenvalue weighted by atomic mass is 9.83. The van der Waals surface area contributed by atoms with Crippen molar-refractivity contribution < 1.29 is 44.7 Å². The van der Waals surface area contributed by atoms with Crippen molar-refractivity contribution in [1.82, 2.24) is 0 Å². The number of phenols is 5. The zero-order valence-corrected chi connectivity index (χ0v) is 23.8. The molecule has 9 nitrogen and oxygen atoms in total. The fourth-order valence-electron chi connectivity index (χ4n) is 5.82. The van der Waals surface area contributed by atoms with E-state index < -0.39 is 34.7 Å². The second kappa shape index (κ2) is 10.3. The van der Waals surface area contributed by atoms with Gasteiger partial charge in [0.05, 0.1) is 11.1 Å². The second-order valence-corrected chi connectivity index (χ2v) is 10.8. The Kier molecular flexibility index (Phi) is 7.34. The molecule has 0 aliphatic carbocycles. The van der Waals surface area contributed by atoms with Gasteiger partial charge in [-0.15, -0.1) is 0 Å². The molecule has 5 N–H and O–H groups in total. The molecule has 0 radical (unpaired) electrons. The van der Waals surface area contributed by atoms with Gasteiger partial charge >= 0.3 is 5.97 Å². The highest BCUT2D eigenvalue weighted by molar-refractivity contribution is 6.14. The van der Waals surface area contributed by atoms with Crippen molar-refractivity contribution in [2.75, 3.05) is 0 Å². The Bertz CT molecular complexity index is 1800. The molecule has 41 heavy (non-hydrogen) atoms. The topological polar surface area (TPSA) is 162 Å². The molecule has 4 rings (SSSR count). The van der Waals surface area contributed by atoms with Crippen LogP contribution in [0, 0.1) is 13.8 Å². The molecular weight excluding hydrogens is 528 g/mol. The lowest BCUT2D eigenvalue weighted by molar-refractivity contribution is -0.131. The fraction of sp³-hybridized carbons (Fsp3) is 0.281. The lowest BCUT2D eigenvalue weighted by Crippen LogP contribution is -2.08. The van der Waals surface area contributed by atoms with E-state index in [1.807, 2.05) is 0 Å². The maximum absolute atomic E-state index is 12.4. The predicted molar refractivity (Wildman–Crippen MR) is 155 cm³/mol. The van der Waals surface area contributed by atoms with E-state index in [1.165, 1.54) is 0 Å². The molecule has 0 spiro atoms. The molecular formula is C32H32O9. The van der Waals surface area contributed by atoms with Crippen LogP contribution in [0.4, 0.5) is 0 Å². The molecule has 214 valence electrons. The van der Waals surface area contributed by atoms with E-state index in [2.05, 4.69) is 0 Å². The van der Waals surface area contributed by atoms with Gasteiger partial charge in [-0.2, -0.15) is 0 Å². The summed E-state index contributed by atoms with van der Waals surface area (Å²) in [7, 11) is 0. The van der Waals surface area contributed by atoms with Gasteiger partial charge in [0, 0.05) is 39.9 Å². The fourth-order valence-corrected chi connectivity index (χ4v) is 5.82. The van der Waals surface area contributed by atoms with Gasteiger partial charge in [-0.1, -0.05) is 39.8 Å². The molecule has 0 amide bonds. The van der Waals surface area contributed by atoms with Crippen molar-refractivity contribution in [1.29, 1.82) is 0 Å². The number of phenolic OH excluding ortho intramolecular Hbond substituents is 5. The summed E-state index contributed by atoms with van der Waals surface area (Å²) in [6.45, 7) is 11.7. The number of aryl methyl sites for hydroxylation is 2. The Morgan fingerprint density at radius 2 is 1.10 bits per heavy atom. The normalized spacial score (nSPS) is 11.5. The number of hydrogen-bond donors (Lipinski definition) is 5. The van der Waals surface area contributed by atoms with E-state index in [9.17, 15) is 39.9 Å². The van der Waals surface area contributed by atoms with E-state index >= 15 is 0 Å². The van der Waals surface area contributed by atoms with E-state index in [-0.39, 0.29) is 50.6 Å².